The van der Waals surface area contributed by atoms with Crippen molar-refractivity contribution in [2.45, 2.75) is 12.6 Å². The maximum Gasteiger partial charge on any atom is 0.416 e. The minimum absolute atomic E-state index is 0.105. The molecule has 178 valence electrons. The lowest BCUT2D eigenvalue weighted by Crippen LogP contribution is -2.06. The average molecular weight is 479 g/mol. The summed E-state index contributed by atoms with van der Waals surface area (Å²) >= 11 is 0. The van der Waals surface area contributed by atoms with Gasteiger partial charge in [0.2, 0.25) is 0 Å². The van der Waals surface area contributed by atoms with Gasteiger partial charge in [0.1, 0.15) is 0 Å². The number of alkyl halides is 3. The number of H-pyrrole nitrogens is 1. The van der Waals surface area contributed by atoms with Crippen LogP contribution in [0.3, 0.4) is 0 Å². The molecule has 0 spiro atoms. The van der Waals surface area contributed by atoms with E-state index in [2.05, 4.69) is 4.98 Å². The van der Waals surface area contributed by atoms with Crippen LogP contribution in [0.4, 0.5) is 13.2 Å². The Kier molecular flexibility index (Phi) is 6.46. The third-order valence-corrected chi connectivity index (χ3v) is 5.57. The van der Waals surface area contributed by atoms with Gasteiger partial charge in [-0.3, -0.25) is 9.59 Å². The molecule has 3 aromatic carbocycles. The summed E-state index contributed by atoms with van der Waals surface area (Å²) in [6.07, 6.45) is -3.04. The van der Waals surface area contributed by atoms with Crippen molar-refractivity contribution >= 4 is 11.8 Å². The van der Waals surface area contributed by atoms with Crippen molar-refractivity contribution in [2.75, 3.05) is 7.11 Å². The van der Waals surface area contributed by atoms with E-state index in [4.69, 9.17) is 9.84 Å². The number of rotatable bonds is 7. The Morgan fingerprint density at radius 3 is 2.11 bits per heavy atom. The number of halogens is 3. The number of benzene rings is 3. The summed E-state index contributed by atoms with van der Waals surface area (Å²) in [4.78, 5) is 27.5. The first-order chi connectivity index (χ1) is 16.7. The maximum absolute atomic E-state index is 13.5. The second-order valence-corrected chi connectivity index (χ2v) is 7.83. The van der Waals surface area contributed by atoms with Gasteiger partial charge >= 0.3 is 12.1 Å². The molecule has 0 unspecified atom stereocenters. The molecular weight excluding hydrogens is 459 g/mol. The minimum atomic E-state index is -4.45. The molecular formula is C27H20F3NO4. The van der Waals surface area contributed by atoms with Crippen LogP contribution in [0.15, 0.2) is 79.0 Å². The van der Waals surface area contributed by atoms with Gasteiger partial charge in [-0.1, -0.05) is 60.7 Å². The molecule has 0 fully saturated rings. The lowest BCUT2D eigenvalue weighted by molar-refractivity contribution is -0.138. The standard InChI is InChI=1S/C27H20F3NO4/c1-35-26-22(15-31-24(26)18-8-6-16(7-9-18)14-23(32)33)25(34)21-5-3-2-4-20(21)17-10-12-19(13-11-17)27(28,29)30/h2-13,15,31H,14H2,1H3,(H,32,33). The fourth-order valence-electron chi connectivity index (χ4n) is 3.89. The fraction of sp³-hybridized carbons (Fsp3) is 0.111. The number of carbonyl (C=O) groups excluding carboxylic acids is 1. The summed E-state index contributed by atoms with van der Waals surface area (Å²) in [6, 6.07) is 18.2. The SMILES string of the molecule is COc1c(C(=O)c2ccccc2-c2ccc(C(F)(F)F)cc2)c[nH]c1-c1ccc(CC(=O)O)cc1. The molecule has 5 nitrogen and oxygen atoms in total. The summed E-state index contributed by atoms with van der Waals surface area (Å²) in [7, 11) is 1.43. The molecule has 35 heavy (non-hydrogen) atoms. The molecule has 0 amide bonds. The molecule has 0 saturated heterocycles. The maximum atomic E-state index is 13.5. The first-order valence-electron chi connectivity index (χ1n) is 10.6. The Morgan fingerprint density at radius 2 is 1.51 bits per heavy atom. The van der Waals surface area contributed by atoms with Crippen LogP contribution in [0.5, 0.6) is 5.75 Å². The molecule has 0 atom stereocenters. The number of hydrogen-bond donors (Lipinski definition) is 2. The predicted molar refractivity (Wildman–Crippen MR) is 124 cm³/mol. The molecule has 0 aliphatic heterocycles. The predicted octanol–water partition coefficient (Wildman–Crippen LogP) is 6.23. The highest BCUT2D eigenvalue weighted by atomic mass is 19.4. The van der Waals surface area contributed by atoms with Crippen molar-refractivity contribution in [3.8, 4) is 28.1 Å². The third-order valence-electron chi connectivity index (χ3n) is 5.57. The molecule has 0 saturated carbocycles. The number of carbonyl (C=O) groups is 2. The highest BCUT2D eigenvalue weighted by molar-refractivity contribution is 6.15. The van der Waals surface area contributed by atoms with Crippen LogP contribution in [-0.4, -0.2) is 29.0 Å². The molecule has 0 bridgehead atoms. The van der Waals surface area contributed by atoms with Crippen LogP contribution in [0.1, 0.15) is 27.0 Å². The van der Waals surface area contributed by atoms with Crippen molar-refractivity contribution in [3.63, 3.8) is 0 Å². The zero-order valence-electron chi connectivity index (χ0n) is 18.5. The Balaban J connectivity index is 1.70. The molecule has 4 rings (SSSR count). The smallest absolute Gasteiger partial charge is 0.416 e. The number of carboxylic acid groups (broad SMARTS) is 1. The van der Waals surface area contributed by atoms with Gasteiger partial charge in [0.05, 0.1) is 30.4 Å². The number of ketones is 1. The highest BCUT2D eigenvalue weighted by Gasteiger charge is 2.30. The van der Waals surface area contributed by atoms with Gasteiger partial charge in [-0.2, -0.15) is 13.2 Å². The monoisotopic (exact) mass is 479 g/mol. The van der Waals surface area contributed by atoms with Crippen LogP contribution >= 0.6 is 0 Å². The van der Waals surface area contributed by atoms with E-state index in [1.54, 1.807) is 48.5 Å². The minimum Gasteiger partial charge on any atom is -0.494 e. The molecule has 0 aliphatic rings. The van der Waals surface area contributed by atoms with E-state index in [0.29, 0.717) is 39.3 Å². The number of ether oxygens (including phenoxy) is 1. The molecule has 8 heteroatoms. The second-order valence-electron chi connectivity index (χ2n) is 7.83. The summed E-state index contributed by atoms with van der Waals surface area (Å²) in [6.45, 7) is 0. The quantitative estimate of drug-likeness (QED) is 0.308. The lowest BCUT2D eigenvalue weighted by atomic mass is 9.93. The molecule has 1 heterocycles. The summed E-state index contributed by atoms with van der Waals surface area (Å²) in [5.41, 5.74) is 2.66. The van der Waals surface area contributed by atoms with Crippen molar-refractivity contribution in [1.82, 2.24) is 4.98 Å². The van der Waals surface area contributed by atoms with Crippen LogP contribution in [0.2, 0.25) is 0 Å². The molecule has 4 aromatic rings. The lowest BCUT2D eigenvalue weighted by Gasteiger charge is -2.12. The first kappa shape index (κ1) is 23.8. The van der Waals surface area contributed by atoms with Gasteiger partial charge in [0.25, 0.3) is 0 Å². The Hall–Kier alpha value is -4.33. The number of aromatic nitrogens is 1. The molecule has 1 aromatic heterocycles. The normalized spacial score (nSPS) is 11.3. The topological polar surface area (TPSA) is 79.4 Å². The average Bonchev–Trinajstić information content (AvgIpc) is 3.27. The van der Waals surface area contributed by atoms with E-state index in [1.807, 2.05) is 0 Å². The van der Waals surface area contributed by atoms with Crippen LogP contribution in [0.25, 0.3) is 22.4 Å². The van der Waals surface area contributed by atoms with Gasteiger partial charge in [-0.25, -0.2) is 0 Å². The van der Waals surface area contributed by atoms with Gasteiger partial charge in [0.15, 0.2) is 11.5 Å². The number of aromatic amines is 1. The Bertz CT molecular complexity index is 1370. The van der Waals surface area contributed by atoms with Crippen molar-refractivity contribution in [1.29, 1.82) is 0 Å². The van der Waals surface area contributed by atoms with Gasteiger partial charge < -0.3 is 14.8 Å². The van der Waals surface area contributed by atoms with E-state index in [1.165, 1.54) is 25.4 Å². The molecule has 2 N–H and O–H groups in total. The molecule has 0 radical (unpaired) electrons. The van der Waals surface area contributed by atoms with Crippen molar-refractivity contribution in [3.05, 3.63) is 101 Å². The number of carboxylic acids is 1. The van der Waals surface area contributed by atoms with Crippen LogP contribution < -0.4 is 4.74 Å². The summed E-state index contributed by atoms with van der Waals surface area (Å²) in [5.74, 6) is -0.986. The zero-order chi connectivity index (χ0) is 25.2. The Labute approximate surface area is 198 Å². The fourth-order valence-corrected chi connectivity index (χ4v) is 3.89. The number of nitrogens with one attached hydrogen (secondary N) is 1. The van der Waals surface area contributed by atoms with Crippen molar-refractivity contribution in [2.24, 2.45) is 0 Å². The first-order valence-corrected chi connectivity index (χ1v) is 10.6. The van der Waals surface area contributed by atoms with Gasteiger partial charge in [0, 0.05) is 17.3 Å². The van der Waals surface area contributed by atoms with E-state index < -0.39 is 17.7 Å². The summed E-state index contributed by atoms with van der Waals surface area (Å²) < 4.78 is 44.4. The zero-order valence-corrected chi connectivity index (χ0v) is 18.5. The van der Waals surface area contributed by atoms with E-state index in [0.717, 1.165) is 12.1 Å². The summed E-state index contributed by atoms with van der Waals surface area (Å²) in [5, 5.41) is 8.95. The van der Waals surface area contributed by atoms with E-state index in [9.17, 15) is 22.8 Å². The van der Waals surface area contributed by atoms with Gasteiger partial charge in [-0.15, -0.1) is 0 Å². The van der Waals surface area contributed by atoms with E-state index in [-0.39, 0.29) is 17.8 Å². The van der Waals surface area contributed by atoms with Crippen LogP contribution in [0, 0.1) is 0 Å². The molecule has 0 aliphatic carbocycles. The van der Waals surface area contributed by atoms with Crippen LogP contribution in [-0.2, 0) is 17.4 Å². The Morgan fingerprint density at radius 1 is 0.886 bits per heavy atom. The number of aliphatic carboxylic acids is 1. The number of hydrogen-bond acceptors (Lipinski definition) is 3. The largest absolute Gasteiger partial charge is 0.494 e. The van der Waals surface area contributed by atoms with Gasteiger partial charge in [-0.05, 0) is 28.8 Å². The number of methoxy groups -OCH3 is 1. The third kappa shape index (κ3) is 4.96. The highest BCUT2D eigenvalue weighted by Crippen LogP contribution is 2.36. The van der Waals surface area contributed by atoms with Crippen molar-refractivity contribution < 1.29 is 32.6 Å². The second kappa shape index (κ2) is 9.50. The van der Waals surface area contributed by atoms with E-state index >= 15 is 0 Å².